The first-order valence-electron chi connectivity index (χ1n) is 5.35. The van der Waals surface area contributed by atoms with E-state index in [1.54, 1.807) is 4.31 Å². The highest BCUT2D eigenvalue weighted by atomic mass is 32.2. The molecule has 0 spiro atoms. The van der Waals surface area contributed by atoms with Crippen molar-refractivity contribution in [2.24, 2.45) is 11.8 Å². The van der Waals surface area contributed by atoms with Gasteiger partial charge in [0.2, 0.25) is 10.0 Å². The van der Waals surface area contributed by atoms with E-state index < -0.39 is 10.0 Å². The third-order valence-electron chi connectivity index (χ3n) is 3.29. The van der Waals surface area contributed by atoms with Gasteiger partial charge in [0.05, 0.1) is 6.26 Å². The average Bonchev–Trinajstić information content (AvgIpc) is 2.45. The number of nitrogens with zero attached hydrogens (tertiary/aromatic N) is 2. The first kappa shape index (κ1) is 12.9. The lowest BCUT2D eigenvalue weighted by Crippen LogP contribution is -2.37. The van der Waals surface area contributed by atoms with E-state index in [4.69, 9.17) is 0 Å². The summed E-state index contributed by atoms with van der Waals surface area (Å²) >= 11 is 0. The molecule has 5 heteroatoms. The fourth-order valence-electron chi connectivity index (χ4n) is 2.25. The second-order valence-corrected chi connectivity index (χ2v) is 7.00. The van der Waals surface area contributed by atoms with Crippen LogP contribution < -0.4 is 0 Å². The van der Waals surface area contributed by atoms with Crippen LogP contribution in [-0.2, 0) is 10.0 Å². The van der Waals surface area contributed by atoms with Crippen molar-refractivity contribution in [3.63, 3.8) is 0 Å². The molecule has 0 bridgehead atoms. The van der Waals surface area contributed by atoms with Crippen LogP contribution >= 0.6 is 0 Å². The third-order valence-corrected chi connectivity index (χ3v) is 4.52. The SMILES string of the molecule is CC(C)[C@@H]1CN(S(C)(=O)=O)C[C@H]1N(C)C. The summed E-state index contributed by atoms with van der Waals surface area (Å²) < 4.78 is 24.6. The van der Waals surface area contributed by atoms with Gasteiger partial charge in [-0.1, -0.05) is 13.8 Å². The summed E-state index contributed by atoms with van der Waals surface area (Å²) in [6.45, 7) is 5.62. The van der Waals surface area contributed by atoms with Crippen LogP contribution in [-0.4, -0.2) is 57.1 Å². The molecular formula is C10H22N2O2S. The van der Waals surface area contributed by atoms with Gasteiger partial charge in [-0.25, -0.2) is 12.7 Å². The normalized spacial score (nSPS) is 29.3. The van der Waals surface area contributed by atoms with E-state index in [0.717, 1.165) is 0 Å². The Balaban J connectivity index is 2.83. The van der Waals surface area contributed by atoms with Crippen LogP contribution in [0, 0.1) is 11.8 Å². The molecule has 0 amide bonds. The van der Waals surface area contributed by atoms with Crippen LogP contribution in [0.4, 0.5) is 0 Å². The van der Waals surface area contributed by atoms with Crippen molar-refractivity contribution in [1.29, 1.82) is 0 Å². The van der Waals surface area contributed by atoms with Crippen molar-refractivity contribution in [1.82, 2.24) is 9.21 Å². The van der Waals surface area contributed by atoms with E-state index in [1.807, 2.05) is 14.1 Å². The van der Waals surface area contributed by atoms with E-state index in [-0.39, 0.29) is 0 Å². The second kappa shape index (κ2) is 4.39. The third kappa shape index (κ3) is 2.92. The number of hydrogen-bond acceptors (Lipinski definition) is 3. The Morgan fingerprint density at radius 3 is 2.07 bits per heavy atom. The van der Waals surface area contributed by atoms with E-state index >= 15 is 0 Å². The van der Waals surface area contributed by atoms with Crippen molar-refractivity contribution < 1.29 is 8.42 Å². The highest BCUT2D eigenvalue weighted by Gasteiger charge is 2.39. The summed E-state index contributed by atoms with van der Waals surface area (Å²) in [4.78, 5) is 2.13. The largest absolute Gasteiger partial charge is 0.305 e. The lowest BCUT2D eigenvalue weighted by molar-refractivity contribution is 0.216. The zero-order valence-corrected chi connectivity index (χ0v) is 11.1. The van der Waals surface area contributed by atoms with Crippen LogP contribution in [0.2, 0.25) is 0 Å². The first-order valence-corrected chi connectivity index (χ1v) is 7.20. The molecule has 0 unspecified atom stereocenters. The molecular weight excluding hydrogens is 212 g/mol. The lowest BCUT2D eigenvalue weighted by atomic mass is 9.91. The predicted octanol–water partition coefficient (Wildman–Crippen LogP) is 0.464. The van der Waals surface area contributed by atoms with Gasteiger partial charge in [-0.2, -0.15) is 0 Å². The summed E-state index contributed by atoms with van der Waals surface area (Å²) in [5.74, 6) is 0.957. The molecule has 0 aromatic rings. The Morgan fingerprint density at radius 2 is 1.80 bits per heavy atom. The van der Waals surface area contributed by atoms with E-state index in [9.17, 15) is 8.42 Å². The zero-order valence-electron chi connectivity index (χ0n) is 10.3. The minimum atomic E-state index is -3.03. The first-order chi connectivity index (χ1) is 6.73. The molecule has 1 aliphatic heterocycles. The Bertz CT molecular complexity index is 295. The van der Waals surface area contributed by atoms with E-state index in [1.165, 1.54) is 6.26 Å². The van der Waals surface area contributed by atoms with Crippen LogP contribution in [0.15, 0.2) is 0 Å². The van der Waals surface area contributed by atoms with Crippen molar-refractivity contribution >= 4 is 10.0 Å². The fourth-order valence-corrected chi connectivity index (χ4v) is 3.11. The molecule has 0 aliphatic carbocycles. The Morgan fingerprint density at radius 1 is 1.27 bits per heavy atom. The Kier molecular flexibility index (Phi) is 3.79. The van der Waals surface area contributed by atoms with Crippen LogP contribution in [0.3, 0.4) is 0 Å². The molecule has 0 radical (unpaired) electrons. The number of rotatable bonds is 3. The van der Waals surface area contributed by atoms with Crippen molar-refractivity contribution in [2.75, 3.05) is 33.4 Å². The number of hydrogen-bond donors (Lipinski definition) is 0. The maximum Gasteiger partial charge on any atom is 0.211 e. The maximum absolute atomic E-state index is 11.5. The average molecular weight is 234 g/mol. The van der Waals surface area contributed by atoms with Gasteiger partial charge in [0, 0.05) is 19.1 Å². The molecule has 0 aromatic heterocycles. The molecule has 0 aromatic carbocycles. The summed E-state index contributed by atoms with van der Waals surface area (Å²) in [7, 11) is 1.01. The van der Waals surface area contributed by atoms with Gasteiger partial charge in [0.1, 0.15) is 0 Å². The molecule has 1 rings (SSSR count). The highest BCUT2D eigenvalue weighted by molar-refractivity contribution is 7.88. The minimum Gasteiger partial charge on any atom is -0.305 e. The van der Waals surface area contributed by atoms with E-state index in [2.05, 4.69) is 18.7 Å². The van der Waals surface area contributed by atoms with Gasteiger partial charge in [-0.3, -0.25) is 0 Å². The summed E-state index contributed by atoms with van der Waals surface area (Å²) in [5.41, 5.74) is 0. The Labute approximate surface area is 93.3 Å². The lowest BCUT2D eigenvalue weighted by Gasteiger charge is -2.27. The molecule has 1 heterocycles. The summed E-state index contributed by atoms with van der Waals surface area (Å²) in [5, 5.41) is 0. The van der Waals surface area contributed by atoms with E-state index in [0.29, 0.717) is 31.0 Å². The van der Waals surface area contributed by atoms with Crippen molar-refractivity contribution in [2.45, 2.75) is 19.9 Å². The summed E-state index contributed by atoms with van der Waals surface area (Å²) in [6, 6.07) is 0.347. The monoisotopic (exact) mass is 234 g/mol. The molecule has 2 atom stereocenters. The molecule has 0 N–H and O–H groups in total. The molecule has 1 saturated heterocycles. The number of likely N-dealkylation sites (N-methyl/N-ethyl adjacent to an activating group) is 1. The highest BCUT2D eigenvalue weighted by Crippen LogP contribution is 2.28. The smallest absolute Gasteiger partial charge is 0.211 e. The standard InChI is InChI=1S/C10H22N2O2S/c1-8(2)9-6-12(15(5,13)14)7-10(9)11(3)4/h8-10H,6-7H2,1-5H3/t9-,10+/m0/s1. The molecule has 1 fully saturated rings. The van der Waals surface area contributed by atoms with Crippen LogP contribution in [0.1, 0.15) is 13.8 Å². The van der Waals surface area contributed by atoms with Crippen LogP contribution in [0.25, 0.3) is 0 Å². The van der Waals surface area contributed by atoms with Gasteiger partial charge in [-0.15, -0.1) is 0 Å². The summed E-state index contributed by atoms with van der Waals surface area (Å²) in [6.07, 6.45) is 1.29. The van der Waals surface area contributed by atoms with Crippen molar-refractivity contribution in [3.05, 3.63) is 0 Å². The van der Waals surface area contributed by atoms with Gasteiger partial charge >= 0.3 is 0 Å². The second-order valence-electron chi connectivity index (χ2n) is 5.02. The van der Waals surface area contributed by atoms with Gasteiger partial charge in [-0.05, 0) is 25.9 Å². The maximum atomic E-state index is 11.5. The topological polar surface area (TPSA) is 40.6 Å². The molecule has 90 valence electrons. The molecule has 1 aliphatic rings. The Hall–Kier alpha value is -0.130. The zero-order chi connectivity index (χ0) is 11.8. The fraction of sp³-hybridized carbons (Fsp3) is 1.00. The van der Waals surface area contributed by atoms with Gasteiger partial charge in [0.25, 0.3) is 0 Å². The minimum absolute atomic E-state index is 0.347. The molecule has 0 saturated carbocycles. The van der Waals surface area contributed by atoms with Crippen LogP contribution in [0.5, 0.6) is 0 Å². The van der Waals surface area contributed by atoms with Gasteiger partial charge in [0.15, 0.2) is 0 Å². The molecule has 4 nitrogen and oxygen atoms in total. The predicted molar refractivity (Wildman–Crippen MR) is 62.2 cm³/mol. The van der Waals surface area contributed by atoms with Crippen molar-refractivity contribution in [3.8, 4) is 0 Å². The molecule has 15 heavy (non-hydrogen) atoms. The number of sulfonamides is 1. The quantitative estimate of drug-likeness (QED) is 0.712. The van der Waals surface area contributed by atoms with Gasteiger partial charge < -0.3 is 4.90 Å².